The highest BCUT2D eigenvalue weighted by atomic mass is 16.4. The first-order valence-corrected chi connectivity index (χ1v) is 6.40. The van der Waals surface area contributed by atoms with Crippen molar-refractivity contribution in [3.8, 4) is 0 Å². The Bertz CT molecular complexity index is 272. The predicted octanol–water partition coefficient (Wildman–Crippen LogP) is 1.94. The third-order valence-electron chi connectivity index (χ3n) is 5.40. The molecule has 4 aliphatic carbocycles. The van der Waals surface area contributed by atoms with Gasteiger partial charge in [-0.3, -0.25) is 0 Å². The monoisotopic (exact) mass is 210 g/mol. The van der Waals surface area contributed by atoms with E-state index in [9.17, 15) is 10.2 Å². The second kappa shape index (κ2) is 2.78. The zero-order chi connectivity index (χ0) is 10.8. The standard InChI is InChI=1S/C13H22O2/c1-8(2)13(15)11-4-9-3-10(5-11)7-12(13,14)6-9/h8-11,14-15H,3-7H2,1-2H3. The molecule has 0 spiro atoms. The minimum absolute atomic E-state index is 0.174. The van der Waals surface area contributed by atoms with Gasteiger partial charge < -0.3 is 10.2 Å². The third-order valence-corrected chi connectivity index (χ3v) is 5.40. The molecule has 2 N–H and O–H groups in total. The molecule has 86 valence electrons. The Balaban J connectivity index is 2.03. The highest BCUT2D eigenvalue weighted by Gasteiger charge is 2.65. The van der Waals surface area contributed by atoms with E-state index < -0.39 is 11.2 Å². The molecule has 0 heterocycles. The van der Waals surface area contributed by atoms with Gasteiger partial charge >= 0.3 is 0 Å². The Kier molecular flexibility index (Phi) is 1.87. The molecule has 3 unspecified atom stereocenters. The van der Waals surface area contributed by atoms with E-state index in [1.807, 2.05) is 0 Å². The molecular formula is C13H22O2. The molecule has 4 saturated carbocycles. The van der Waals surface area contributed by atoms with E-state index in [0.717, 1.165) is 25.7 Å². The van der Waals surface area contributed by atoms with Crippen LogP contribution in [0.5, 0.6) is 0 Å². The van der Waals surface area contributed by atoms with Gasteiger partial charge in [-0.15, -0.1) is 0 Å². The van der Waals surface area contributed by atoms with E-state index in [1.54, 1.807) is 0 Å². The van der Waals surface area contributed by atoms with Crippen molar-refractivity contribution >= 4 is 0 Å². The van der Waals surface area contributed by atoms with E-state index in [4.69, 9.17) is 0 Å². The van der Waals surface area contributed by atoms with E-state index >= 15 is 0 Å². The number of aliphatic hydroxyl groups is 2. The lowest BCUT2D eigenvalue weighted by Crippen LogP contribution is -2.70. The molecule has 2 nitrogen and oxygen atoms in total. The fourth-order valence-corrected chi connectivity index (χ4v) is 5.01. The summed E-state index contributed by atoms with van der Waals surface area (Å²) in [6.45, 7) is 4.11. The van der Waals surface area contributed by atoms with Crippen molar-refractivity contribution in [1.82, 2.24) is 0 Å². The molecule has 4 aliphatic rings. The van der Waals surface area contributed by atoms with E-state index in [2.05, 4.69) is 13.8 Å². The molecule has 0 amide bonds. The van der Waals surface area contributed by atoms with Crippen molar-refractivity contribution in [2.75, 3.05) is 0 Å². The molecule has 0 aromatic rings. The maximum atomic E-state index is 10.9. The Hall–Kier alpha value is -0.0800. The molecule has 0 radical (unpaired) electrons. The van der Waals surface area contributed by atoms with Crippen molar-refractivity contribution in [2.24, 2.45) is 23.7 Å². The Morgan fingerprint density at radius 1 is 1.00 bits per heavy atom. The van der Waals surface area contributed by atoms with Crippen LogP contribution in [0.25, 0.3) is 0 Å². The summed E-state index contributed by atoms with van der Waals surface area (Å²) in [4.78, 5) is 0. The van der Waals surface area contributed by atoms with Gasteiger partial charge in [-0.05, 0) is 55.8 Å². The summed E-state index contributed by atoms with van der Waals surface area (Å²) < 4.78 is 0. The fraction of sp³-hybridized carbons (Fsp3) is 1.00. The van der Waals surface area contributed by atoms with Crippen LogP contribution in [0.4, 0.5) is 0 Å². The minimum atomic E-state index is -0.805. The molecule has 4 fully saturated rings. The summed E-state index contributed by atoms with van der Waals surface area (Å²) in [6.07, 6.45) is 5.28. The van der Waals surface area contributed by atoms with Gasteiger partial charge in [0.1, 0.15) is 0 Å². The first-order chi connectivity index (χ1) is 6.96. The molecule has 0 aliphatic heterocycles. The van der Waals surface area contributed by atoms with E-state index in [1.165, 1.54) is 6.42 Å². The van der Waals surface area contributed by atoms with E-state index in [0.29, 0.717) is 17.8 Å². The summed E-state index contributed by atoms with van der Waals surface area (Å²) in [5.41, 5.74) is -1.57. The van der Waals surface area contributed by atoms with Gasteiger partial charge in [0.05, 0.1) is 11.2 Å². The van der Waals surface area contributed by atoms with Gasteiger partial charge in [-0.1, -0.05) is 13.8 Å². The Labute approximate surface area is 91.7 Å². The van der Waals surface area contributed by atoms with Crippen LogP contribution in [0.3, 0.4) is 0 Å². The van der Waals surface area contributed by atoms with Gasteiger partial charge in [0, 0.05) is 0 Å². The van der Waals surface area contributed by atoms with Crippen LogP contribution in [0.15, 0.2) is 0 Å². The second-order valence-corrected chi connectivity index (χ2v) is 6.56. The quantitative estimate of drug-likeness (QED) is 0.694. The zero-order valence-corrected chi connectivity index (χ0v) is 9.74. The smallest absolute Gasteiger partial charge is 0.0984 e. The maximum Gasteiger partial charge on any atom is 0.0984 e. The third kappa shape index (κ3) is 1.07. The van der Waals surface area contributed by atoms with Crippen LogP contribution in [-0.2, 0) is 0 Å². The van der Waals surface area contributed by atoms with Crippen molar-refractivity contribution in [3.05, 3.63) is 0 Å². The Morgan fingerprint density at radius 2 is 1.53 bits per heavy atom. The van der Waals surface area contributed by atoms with E-state index in [-0.39, 0.29) is 5.92 Å². The summed E-state index contributed by atoms with van der Waals surface area (Å²) in [6, 6.07) is 0. The molecule has 3 atom stereocenters. The summed E-state index contributed by atoms with van der Waals surface area (Å²) in [5, 5.41) is 21.6. The highest BCUT2D eigenvalue weighted by molar-refractivity contribution is 5.16. The number of hydrogen-bond acceptors (Lipinski definition) is 2. The highest BCUT2D eigenvalue weighted by Crippen LogP contribution is 2.62. The predicted molar refractivity (Wildman–Crippen MR) is 58.3 cm³/mol. The molecular weight excluding hydrogens is 188 g/mol. The lowest BCUT2D eigenvalue weighted by molar-refractivity contribution is -0.282. The van der Waals surface area contributed by atoms with Gasteiger partial charge in [0.25, 0.3) is 0 Å². The first-order valence-electron chi connectivity index (χ1n) is 6.40. The van der Waals surface area contributed by atoms with Crippen LogP contribution < -0.4 is 0 Å². The first kappa shape index (κ1) is 10.1. The lowest BCUT2D eigenvalue weighted by Gasteiger charge is -2.64. The van der Waals surface area contributed by atoms with Crippen molar-refractivity contribution in [2.45, 2.75) is 57.2 Å². The summed E-state index contributed by atoms with van der Waals surface area (Å²) in [5.74, 6) is 1.90. The van der Waals surface area contributed by atoms with Crippen LogP contribution >= 0.6 is 0 Å². The molecule has 4 bridgehead atoms. The van der Waals surface area contributed by atoms with Crippen LogP contribution in [-0.4, -0.2) is 21.4 Å². The van der Waals surface area contributed by atoms with Crippen molar-refractivity contribution in [1.29, 1.82) is 0 Å². The topological polar surface area (TPSA) is 40.5 Å². The van der Waals surface area contributed by atoms with Gasteiger partial charge in [-0.25, -0.2) is 0 Å². The van der Waals surface area contributed by atoms with Gasteiger partial charge in [0.15, 0.2) is 0 Å². The molecule has 0 aromatic heterocycles. The lowest BCUT2D eigenvalue weighted by atomic mass is 9.45. The normalized spacial score (nSPS) is 57.8. The molecule has 0 aromatic carbocycles. The van der Waals surface area contributed by atoms with Crippen LogP contribution in [0.2, 0.25) is 0 Å². The SMILES string of the molecule is CC(C)C1(O)C2CC3CC(C2)CC1(O)C3. The summed E-state index contributed by atoms with van der Waals surface area (Å²) >= 11 is 0. The second-order valence-electron chi connectivity index (χ2n) is 6.56. The average molecular weight is 210 g/mol. The van der Waals surface area contributed by atoms with Crippen molar-refractivity contribution in [3.63, 3.8) is 0 Å². The van der Waals surface area contributed by atoms with Gasteiger partial charge in [-0.2, -0.15) is 0 Å². The molecule has 2 heteroatoms. The fourth-order valence-electron chi connectivity index (χ4n) is 5.01. The average Bonchev–Trinajstić information content (AvgIpc) is 2.11. The number of rotatable bonds is 1. The largest absolute Gasteiger partial charge is 0.387 e. The van der Waals surface area contributed by atoms with Crippen LogP contribution in [0, 0.1) is 23.7 Å². The molecule has 15 heavy (non-hydrogen) atoms. The maximum absolute atomic E-state index is 10.9. The minimum Gasteiger partial charge on any atom is -0.387 e. The Morgan fingerprint density at radius 3 is 1.93 bits per heavy atom. The molecule has 4 rings (SSSR count). The molecule has 0 saturated heterocycles. The van der Waals surface area contributed by atoms with Crippen LogP contribution in [0.1, 0.15) is 46.0 Å². The summed E-state index contributed by atoms with van der Waals surface area (Å²) in [7, 11) is 0. The number of hydrogen-bond donors (Lipinski definition) is 2. The zero-order valence-electron chi connectivity index (χ0n) is 9.74. The van der Waals surface area contributed by atoms with Gasteiger partial charge in [0.2, 0.25) is 0 Å². The van der Waals surface area contributed by atoms with Crippen molar-refractivity contribution < 1.29 is 10.2 Å².